The Kier molecular flexibility index (Phi) is 3.30. The molecule has 0 amide bonds. The normalized spacial score (nSPS) is 10.7. The highest BCUT2D eigenvalue weighted by Gasteiger charge is 2.09. The molecule has 2 aromatic heterocycles. The second-order valence-electron chi connectivity index (χ2n) is 4.04. The van der Waals surface area contributed by atoms with Crippen LogP contribution < -0.4 is 11.1 Å². The van der Waals surface area contributed by atoms with Crippen LogP contribution in [0.4, 0.5) is 17.5 Å². The van der Waals surface area contributed by atoms with Gasteiger partial charge in [-0.05, 0) is 24.3 Å². The van der Waals surface area contributed by atoms with Crippen molar-refractivity contribution in [3.63, 3.8) is 0 Å². The Morgan fingerprint density at radius 2 is 1.90 bits per heavy atom. The summed E-state index contributed by atoms with van der Waals surface area (Å²) in [7, 11) is 0. The first kappa shape index (κ1) is 12.9. The summed E-state index contributed by atoms with van der Waals surface area (Å²) >= 11 is 12.2. The Morgan fingerprint density at radius 1 is 1.05 bits per heavy atom. The third-order valence-corrected chi connectivity index (χ3v) is 3.34. The molecule has 0 aliphatic heterocycles. The topological polar surface area (TPSA) is 76.7 Å². The molecule has 2 heterocycles. The van der Waals surface area contributed by atoms with Crippen molar-refractivity contribution in [3.05, 3.63) is 46.7 Å². The molecule has 3 N–H and O–H groups in total. The lowest BCUT2D eigenvalue weighted by molar-refractivity contribution is 1.18. The van der Waals surface area contributed by atoms with E-state index in [4.69, 9.17) is 28.9 Å². The van der Waals surface area contributed by atoms with Crippen LogP contribution in [0.2, 0.25) is 10.0 Å². The summed E-state index contributed by atoms with van der Waals surface area (Å²) < 4.78 is 0. The van der Waals surface area contributed by atoms with Crippen LogP contribution in [0.3, 0.4) is 0 Å². The number of aromatic nitrogens is 3. The number of hydrogen-bond donors (Lipinski definition) is 2. The van der Waals surface area contributed by atoms with Crippen LogP contribution in [0.5, 0.6) is 0 Å². The van der Waals surface area contributed by atoms with E-state index in [1.165, 1.54) is 6.20 Å². The fourth-order valence-electron chi connectivity index (χ4n) is 1.83. The first-order valence-corrected chi connectivity index (χ1v) is 6.49. The van der Waals surface area contributed by atoms with Crippen LogP contribution in [0.15, 0.2) is 36.7 Å². The molecule has 7 heteroatoms. The number of hydrogen-bond acceptors (Lipinski definition) is 5. The van der Waals surface area contributed by atoms with Crippen molar-refractivity contribution in [1.82, 2.24) is 15.0 Å². The summed E-state index contributed by atoms with van der Waals surface area (Å²) in [5.41, 5.74) is 7.03. The van der Waals surface area contributed by atoms with E-state index in [1.807, 2.05) is 18.2 Å². The molecule has 100 valence electrons. The molecular weight excluding hydrogens is 297 g/mol. The third kappa shape index (κ3) is 2.33. The predicted molar refractivity (Wildman–Crippen MR) is 81.5 cm³/mol. The number of nitrogens with one attached hydrogen (secondary N) is 1. The van der Waals surface area contributed by atoms with Gasteiger partial charge in [-0.2, -0.15) is 4.98 Å². The molecule has 1 aromatic carbocycles. The quantitative estimate of drug-likeness (QED) is 0.755. The smallest absolute Gasteiger partial charge is 0.222 e. The van der Waals surface area contributed by atoms with Crippen molar-refractivity contribution in [1.29, 1.82) is 0 Å². The summed E-state index contributed by atoms with van der Waals surface area (Å²) in [6.45, 7) is 0. The molecule has 0 saturated heterocycles. The zero-order valence-corrected chi connectivity index (χ0v) is 11.7. The average Bonchev–Trinajstić information content (AvgIpc) is 2.46. The Balaban J connectivity index is 2.11. The third-order valence-electron chi connectivity index (χ3n) is 2.73. The van der Waals surface area contributed by atoms with Crippen LogP contribution >= 0.6 is 23.2 Å². The van der Waals surface area contributed by atoms with Crippen LogP contribution in [0.25, 0.3) is 10.9 Å². The van der Waals surface area contributed by atoms with Crippen molar-refractivity contribution >= 4 is 51.6 Å². The minimum atomic E-state index is 0.142. The highest BCUT2D eigenvalue weighted by atomic mass is 35.5. The maximum absolute atomic E-state index is 6.15. The minimum Gasteiger partial charge on any atom is -0.368 e. The number of fused-ring (bicyclic) bond motifs is 1. The minimum absolute atomic E-state index is 0.142. The molecule has 20 heavy (non-hydrogen) atoms. The van der Waals surface area contributed by atoms with E-state index in [0.717, 1.165) is 16.6 Å². The van der Waals surface area contributed by atoms with Gasteiger partial charge >= 0.3 is 0 Å². The molecule has 0 fully saturated rings. The lowest BCUT2D eigenvalue weighted by Gasteiger charge is -2.10. The number of halogens is 2. The van der Waals surface area contributed by atoms with E-state index in [2.05, 4.69) is 20.3 Å². The van der Waals surface area contributed by atoms with Gasteiger partial charge in [0.05, 0.1) is 22.4 Å². The first-order chi connectivity index (χ1) is 9.65. The van der Waals surface area contributed by atoms with Crippen LogP contribution in [-0.2, 0) is 0 Å². The Morgan fingerprint density at radius 3 is 2.75 bits per heavy atom. The zero-order chi connectivity index (χ0) is 14.1. The van der Waals surface area contributed by atoms with Gasteiger partial charge in [0.15, 0.2) is 5.82 Å². The van der Waals surface area contributed by atoms with Crippen LogP contribution in [0, 0.1) is 0 Å². The maximum atomic E-state index is 6.15. The molecule has 0 radical (unpaired) electrons. The molecule has 3 rings (SSSR count). The van der Waals surface area contributed by atoms with Gasteiger partial charge in [0.1, 0.15) is 5.02 Å². The van der Waals surface area contributed by atoms with Crippen LogP contribution in [-0.4, -0.2) is 15.0 Å². The van der Waals surface area contributed by atoms with Gasteiger partial charge in [-0.15, -0.1) is 0 Å². The van der Waals surface area contributed by atoms with Gasteiger partial charge in [0.25, 0.3) is 0 Å². The number of nitrogens with zero attached hydrogens (tertiary/aromatic N) is 3. The van der Waals surface area contributed by atoms with Crippen molar-refractivity contribution < 1.29 is 0 Å². The fourth-order valence-corrected chi connectivity index (χ4v) is 2.19. The van der Waals surface area contributed by atoms with E-state index in [-0.39, 0.29) is 5.95 Å². The number of rotatable bonds is 2. The molecule has 0 bridgehead atoms. The second kappa shape index (κ2) is 5.11. The molecule has 0 aliphatic rings. The summed E-state index contributed by atoms with van der Waals surface area (Å²) in [6.07, 6.45) is 3.14. The van der Waals surface area contributed by atoms with Crippen molar-refractivity contribution in [2.75, 3.05) is 11.1 Å². The van der Waals surface area contributed by atoms with Gasteiger partial charge < -0.3 is 11.1 Å². The molecule has 5 nitrogen and oxygen atoms in total. The number of pyridine rings is 1. The molecule has 0 saturated carbocycles. The molecule has 0 aliphatic carbocycles. The lowest BCUT2D eigenvalue weighted by Crippen LogP contribution is -2.01. The number of anilines is 3. The number of nitrogens with two attached hydrogens (primary N) is 1. The number of benzene rings is 1. The highest BCUT2D eigenvalue weighted by molar-refractivity contribution is 6.36. The van der Waals surface area contributed by atoms with Crippen molar-refractivity contribution in [3.8, 4) is 0 Å². The van der Waals surface area contributed by atoms with Gasteiger partial charge in [-0.3, -0.25) is 4.98 Å². The molecular formula is C13H9Cl2N5. The average molecular weight is 306 g/mol. The molecule has 0 spiro atoms. The van der Waals surface area contributed by atoms with E-state index in [9.17, 15) is 0 Å². The van der Waals surface area contributed by atoms with E-state index >= 15 is 0 Å². The summed E-state index contributed by atoms with van der Waals surface area (Å²) in [4.78, 5) is 12.2. The maximum Gasteiger partial charge on any atom is 0.222 e. The number of nitrogen functional groups attached to an aromatic ring is 1. The van der Waals surface area contributed by atoms with Crippen molar-refractivity contribution in [2.24, 2.45) is 0 Å². The van der Waals surface area contributed by atoms with E-state index in [0.29, 0.717) is 15.9 Å². The molecule has 0 atom stereocenters. The summed E-state index contributed by atoms with van der Waals surface area (Å²) in [5.74, 6) is 0.566. The van der Waals surface area contributed by atoms with E-state index < -0.39 is 0 Å². The Labute approximate surface area is 124 Å². The molecule has 0 unspecified atom stereocenters. The Hall–Kier alpha value is -2.11. The van der Waals surface area contributed by atoms with Gasteiger partial charge in [-0.1, -0.05) is 23.2 Å². The Bertz CT molecular complexity index is 791. The SMILES string of the molecule is Nc1ncc(Cl)c(Nc2ccc(Cl)c3cccnc23)n1. The molecule has 3 aromatic rings. The second-order valence-corrected chi connectivity index (χ2v) is 4.86. The highest BCUT2D eigenvalue weighted by Crippen LogP contribution is 2.31. The van der Waals surface area contributed by atoms with Crippen LogP contribution in [0.1, 0.15) is 0 Å². The summed E-state index contributed by atoms with van der Waals surface area (Å²) in [6, 6.07) is 7.32. The van der Waals surface area contributed by atoms with Gasteiger partial charge in [-0.25, -0.2) is 4.98 Å². The zero-order valence-electron chi connectivity index (χ0n) is 10.1. The monoisotopic (exact) mass is 305 g/mol. The van der Waals surface area contributed by atoms with E-state index in [1.54, 1.807) is 12.3 Å². The fraction of sp³-hybridized carbons (Fsp3) is 0. The van der Waals surface area contributed by atoms with Crippen molar-refractivity contribution in [2.45, 2.75) is 0 Å². The van der Waals surface area contributed by atoms with Gasteiger partial charge in [0.2, 0.25) is 5.95 Å². The standard InChI is InChI=1S/C13H9Cl2N5/c14-8-3-4-10(11-7(8)2-1-5-17-11)19-12-9(15)6-18-13(16)20-12/h1-6H,(H3,16,18,19,20). The largest absolute Gasteiger partial charge is 0.368 e. The summed E-state index contributed by atoms with van der Waals surface area (Å²) in [5, 5.41) is 4.95. The lowest BCUT2D eigenvalue weighted by atomic mass is 10.2. The first-order valence-electron chi connectivity index (χ1n) is 5.73. The predicted octanol–water partition coefficient (Wildman–Crippen LogP) is 3.66. The van der Waals surface area contributed by atoms with Gasteiger partial charge in [0, 0.05) is 11.6 Å².